The number of nitrogens with one attached hydrogen (secondary N) is 1. The summed E-state index contributed by atoms with van der Waals surface area (Å²) in [5.41, 5.74) is 3.83. The fraction of sp³-hybridized carbons (Fsp3) is 0.350. The molecule has 2 aromatic carbocycles. The van der Waals surface area contributed by atoms with Crippen LogP contribution in [0.4, 0.5) is 5.69 Å². The average molecular weight is 431 g/mol. The van der Waals surface area contributed by atoms with Crippen molar-refractivity contribution in [1.29, 1.82) is 0 Å². The predicted octanol–water partition coefficient (Wildman–Crippen LogP) is 3.35. The summed E-state index contributed by atoms with van der Waals surface area (Å²) in [7, 11) is -3.75. The first-order valence-electron chi connectivity index (χ1n) is 9.45. The van der Waals surface area contributed by atoms with Gasteiger partial charge < -0.3 is 5.32 Å². The number of anilines is 1. The second-order valence-corrected chi connectivity index (χ2v) is 9.89. The number of amides is 1. The van der Waals surface area contributed by atoms with E-state index < -0.39 is 15.9 Å². The SMILES string of the molecule is Cc1cc(C)cc(NC(=O)[C@@H]2CCCN(S(=O)(=O)c3cccc4nsnc34)C2)c1. The summed E-state index contributed by atoms with van der Waals surface area (Å²) >= 11 is 0.992. The van der Waals surface area contributed by atoms with Gasteiger partial charge in [-0.25, -0.2) is 8.42 Å². The van der Waals surface area contributed by atoms with Crippen LogP contribution in [0, 0.1) is 19.8 Å². The standard InChI is InChI=1S/C20H22N4O3S2/c1-13-9-14(2)11-16(10-13)21-20(25)15-5-4-8-24(12-15)29(26,27)18-7-3-6-17-19(18)23-28-22-17/h3,6-7,9-11,15H,4-5,8,12H2,1-2H3,(H,21,25)/t15-/m1/s1. The molecule has 1 saturated heterocycles. The van der Waals surface area contributed by atoms with Crippen molar-refractivity contribution in [3.8, 4) is 0 Å². The Morgan fingerprint density at radius 2 is 1.93 bits per heavy atom. The number of benzene rings is 2. The van der Waals surface area contributed by atoms with Crippen LogP contribution in [-0.2, 0) is 14.8 Å². The molecule has 1 N–H and O–H groups in total. The molecule has 0 unspecified atom stereocenters. The van der Waals surface area contributed by atoms with Crippen LogP contribution < -0.4 is 5.32 Å². The molecule has 152 valence electrons. The Labute approximate surface area is 174 Å². The lowest BCUT2D eigenvalue weighted by molar-refractivity contribution is -0.120. The van der Waals surface area contributed by atoms with E-state index in [4.69, 9.17) is 0 Å². The maximum absolute atomic E-state index is 13.2. The van der Waals surface area contributed by atoms with E-state index in [1.54, 1.807) is 18.2 Å². The van der Waals surface area contributed by atoms with Crippen LogP contribution in [-0.4, -0.2) is 40.5 Å². The van der Waals surface area contributed by atoms with E-state index in [1.807, 2.05) is 32.0 Å². The lowest BCUT2D eigenvalue weighted by Gasteiger charge is -2.31. The van der Waals surface area contributed by atoms with Crippen molar-refractivity contribution >= 4 is 44.4 Å². The van der Waals surface area contributed by atoms with Crippen LogP contribution >= 0.6 is 11.7 Å². The fourth-order valence-corrected chi connectivity index (χ4v) is 6.07. The number of fused-ring (bicyclic) bond motifs is 1. The van der Waals surface area contributed by atoms with Gasteiger partial charge in [-0.2, -0.15) is 13.1 Å². The monoisotopic (exact) mass is 430 g/mol. The molecule has 1 aromatic heterocycles. The van der Waals surface area contributed by atoms with Crippen molar-refractivity contribution < 1.29 is 13.2 Å². The summed E-state index contributed by atoms with van der Waals surface area (Å²) in [4.78, 5) is 13.0. The molecule has 0 bridgehead atoms. The van der Waals surface area contributed by atoms with Crippen molar-refractivity contribution in [1.82, 2.24) is 13.1 Å². The Hall–Kier alpha value is -2.36. The summed E-state index contributed by atoms with van der Waals surface area (Å²) < 4.78 is 36.2. The van der Waals surface area contributed by atoms with Crippen LogP contribution in [0.3, 0.4) is 0 Å². The number of piperidine rings is 1. The van der Waals surface area contributed by atoms with E-state index in [0.29, 0.717) is 30.4 Å². The molecule has 0 saturated carbocycles. The molecule has 0 radical (unpaired) electrons. The number of carbonyl (C=O) groups excluding carboxylic acids is 1. The molecule has 1 aliphatic heterocycles. The highest BCUT2D eigenvalue weighted by Crippen LogP contribution is 2.28. The molecule has 1 aliphatic rings. The van der Waals surface area contributed by atoms with Gasteiger partial charge in [-0.1, -0.05) is 12.1 Å². The van der Waals surface area contributed by atoms with Crippen LogP contribution in [0.15, 0.2) is 41.3 Å². The van der Waals surface area contributed by atoms with E-state index in [0.717, 1.165) is 28.5 Å². The second-order valence-electron chi connectivity index (χ2n) is 7.46. The zero-order valence-corrected chi connectivity index (χ0v) is 17.9. The van der Waals surface area contributed by atoms with E-state index in [9.17, 15) is 13.2 Å². The van der Waals surface area contributed by atoms with E-state index in [-0.39, 0.29) is 17.3 Å². The summed E-state index contributed by atoms with van der Waals surface area (Å²) in [6.45, 7) is 4.51. The van der Waals surface area contributed by atoms with Gasteiger partial charge in [-0.15, -0.1) is 0 Å². The molecular formula is C20H22N4O3S2. The Balaban J connectivity index is 1.54. The normalized spacial score (nSPS) is 18.1. The first-order chi connectivity index (χ1) is 13.8. The van der Waals surface area contributed by atoms with Gasteiger partial charge >= 0.3 is 0 Å². The highest BCUT2D eigenvalue weighted by Gasteiger charge is 2.34. The number of rotatable bonds is 4. The molecule has 1 amide bonds. The molecule has 0 aliphatic carbocycles. The second kappa shape index (κ2) is 7.81. The number of hydrogen-bond donors (Lipinski definition) is 1. The first kappa shape index (κ1) is 19.9. The quantitative estimate of drug-likeness (QED) is 0.685. The third-order valence-corrected chi connectivity index (χ3v) is 7.55. The third kappa shape index (κ3) is 4.03. The maximum Gasteiger partial charge on any atom is 0.245 e. The average Bonchev–Trinajstić information content (AvgIpc) is 3.16. The molecule has 9 heteroatoms. The molecule has 1 fully saturated rings. The number of aromatic nitrogens is 2. The highest BCUT2D eigenvalue weighted by molar-refractivity contribution is 7.89. The van der Waals surface area contributed by atoms with Crippen molar-refractivity contribution in [2.24, 2.45) is 5.92 Å². The largest absolute Gasteiger partial charge is 0.326 e. The molecule has 4 rings (SSSR count). The molecule has 3 aromatic rings. The lowest BCUT2D eigenvalue weighted by Crippen LogP contribution is -2.43. The van der Waals surface area contributed by atoms with Crippen molar-refractivity contribution in [3.63, 3.8) is 0 Å². The molecule has 0 spiro atoms. The lowest BCUT2D eigenvalue weighted by atomic mass is 9.98. The maximum atomic E-state index is 13.2. The Morgan fingerprint density at radius 3 is 2.69 bits per heavy atom. The van der Waals surface area contributed by atoms with Crippen molar-refractivity contribution in [2.75, 3.05) is 18.4 Å². The van der Waals surface area contributed by atoms with Crippen LogP contribution in [0.1, 0.15) is 24.0 Å². The van der Waals surface area contributed by atoms with Crippen molar-refractivity contribution in [3.05, 3.63) is 47.5 Å². The minimum Gasteiger partial charge on any atom is -0.326 e. The molecule has 29 heavy (non-hydrogen) atoms. The number of aryl methyl sites for hydroxylation is 2. The minimum atomic E-state index is -3.75. The van der Waals surface area contributed by atoms with E-state index in [1.165, 1.54) is 4.31 Å². The van der Waals surface area contributed by atoms with Crippen LogP contribution in [0.2, 0.25) is 0 Å². The Morgan fingerprint density at radius 1 is 1.17 bits per heavy atom. The smallest absolute Gasteiger partial charge is 0.245 e. The Kier molecular flexibility index (Phi) is 5.37. The van der Waals surface area contributed by atoms with Gasteiger partial charge in [-0.3, -0.25) is 4.79 Å². The number of sulfonamides is 1. The van der Waals surface area contributed by atoms with Gasteiger partial charge in [0.1, 0.15) is 15.9 Å². The van der Waals surface area contributed by atoms with Gasteiger partial charge in [0.2, 0.25) is 15.9 Å². The molecule has 2 heterocycles. The summed E-state index contributed by atoms with van der Waals surface area (Å²) in [6.07, 6.45) is 1.29. The topological polar surface area (TPSA) is 92.3 Å². The van der Waals surface area contributed by atoms with Gasteiger partial charge in [0.15, 0.2) is 0 Å². The Bertz CT molecular complexity index is 1150. The molecule has 1 atom stereocenters. The van der Waals surface area contributed by atoms with Gasteiger partial charge in [0, 0.05) is 18.8 Å². The van der Waals surface area contributed by atoms with E-state index >= 15 is 0 Å². The summed E-state index contributed by atoms with van der Waals surface area (Å²) in [5.74, 6) is -0.546. The number of hydrogen-bond acceptors (Lipinski definition) is 6. The zero-order valence-electron chi connectivity index (χ0n) is 16.3. The summed E-state index contributed by atoms with van der Waals surface area (Å²) in [6, 6.07) is 10.8. The van der Waals surface area contributed by atoms with Gasteiger partial charge in [0.25, 0.3) is 0 Å². The van der Waals surface area contributed by atoms with Gasteiger partial charge in [0.05, 0.1) is 17.6 Å². The van der Waals surface area contributed by atoms with E-state index in [2.05, 4.69) is 14.1 Å². The van der Waals surface area contributed by atoms with Crippen LogP contribution in [0.5, 0.6) is 0 Å². The highest BCUT2D eigenvalue weighted by atomic mass is 32.2. The number of carbonyl (C=O) groups is 1. The van der Waals surface area contributed by atoms with Gasteiger partial charge in [-0.05, 0) is 62.1 Å². The summed E-state index contributed by atoms with van der Waals surface area (Å²) in [5, 5.41) is 2.95. The molecular weight excluding hydrogens is 408 g/mol. The molecule has 7 nitrogen and oxygen atoms in total. The minimum absolute atomic E-state index is 0.150. The number of nitrogens with zero attached hydrogens (tertiary/aromatic N) is 3. The third-order valence-electron chi connectivity index (χ3n) is 5.11. The predicted molar refractivity (Wildman–Crippen MR) is 113 cm³/mol. The zero-order chi connectivity index (χ0) is 20.6. The first-order valence-corrected chi connectivity index (χ1v) is 11.6. The van der Waals surface area contributed by atoms with Crippen LogP contribution in [0.25, 0.3) is 11.0 Å². The van der Waals surface area contributed by atoms with Crippen molar-refractivity contribution in [2.45, 2.75) is 31.6 Å². The fourth-order valence-electron chi connectivity index (χ4n) is 3.79.